The normalized spacial score (nSPS) is 12.1. The van der Waals surface area contributed by atoms with Gasteiger partial charge in [0.1, 0.15) is 0 Å². The zero-order chi connectivity index (χ0) is 11.4. The second-order valence-electron chi connectivity index (χ2n) is 3.34. The SMILES string of the molecule is CC(NC(=O)c1cn[nH]n1)c1cccnc1. The molecule has 0 fully saturated rings. The second kappa shape index (κ2) is 4.52. The molecule has 0 bridgehead atoms. The van der Waals surface area contributed by atoms with Crippen molar-refractivity contribution in [2.45, 2.75) is 13.0 Å². The van der Waals surface area contributed by atoms with Gasteiger partial charge in [0.25, 0.3) is 5.91 Å². The molecule has 1 unspecified atom stereocenters. The Morgan fingerprint density at radius 3 is 3.00 bits per heavy atom. The lowest BCUT2D eigenvalue weighted by molar-refractivity contribution is 0.0934. The summed E-state index contributed by atoms with van der Waals surface area (Å²) in [5, 5.41) is 12.5. The highest BCUT2D eigenvalue weighted by Crippen LogP contribution is 2.10. The Morgan fingerprint density at radius 1 is 1.50 bits per heavy atom. The van der Waals surface area contributed by atoms with Crippen LogP contribution in [0.4, 0.5) is 0 Å². The maximum atomic E-state index is 11.6. The van der Waals surface area contributed by atoms with Gasteiger partial charge in [0.15, 0.2) is 5.69 Å². The molecule has 16 heavy (non-hydrogen) atoms. The van der Waals surface area contributed by atoms with Crippen molar-refractivity contribution in [3.05, 3.63) is 42.0 Å². The summed E-state index contributed by atoms with van der Waals surface area (Å²) in [7, 11) is 0. The van der Waals surface area contributed by atoms with E-state index in [1.807, 2.05) is 19.1 Å². The van der Waals surface area contributed by atoms with E-state index < -0.39 is 0 Å². The van der Waals surface area contributed by atoms with Crippen molar-refractivity contribution in [3.63, 3.8) is 0 Å². The van der Waals surface area contributed by atoms with E-state index in [9.17, 15) is 4.79 Å². The van der Waals surface area contributed by atoms with Crippen LogP contribution in [0.3, 0.4) is 0 Å². The van der Waals surface area contributed by atoms with Crippen molar-refractivity contribution in [1.82, 2.24) is 25.7 Å². The average Bonchev–Trinajstić information content (AvgIpc) is 2.83. The van der Waals surface area contributed by atoms with Gasteiger partial charge in [0.2, 0.25) is 0 Å². The first-order valence-corrected chi connectivity index (χ1v) is 4.84. The number of hydrogen-bond donors (Lipinski definition) is 2. The predicted octanol–water partition coefficient (Wildman–Crippen LogP) is 0.691. The van der Waals surface area contributed by atoms with Gasteiger partial charge in [-0.3, -0.25) is 9.78 Å². The van der Waals surface area contributed by atoms with E-state index in [0.29, 0.717) is 0 Å². The summed E-state index contributed by atoms with van der Waals surface area (Å²) in [5.41, 5.74) is 1.22. The van der Waals surface area contributed by atoms with Crippen molar-refractivity contribution in [2.75, 3.05) is 0 Å². The molecule has 2 N–H and O–H groups in total. The van der Waals surface area contributed by atoms with Gasteiger partial charge in [0, 0.05) is 12.4 Å². The van der Waals surface area contributed by atoms with Crippen LogP contribution in [0.15, 0.2) is 30.7 Å². The van der Waals surface area contributed by atoms with Crippen LogP contribution in [0.25, 0.3) is 0 Å². The Balaban J connectivity index is 2.03. The lowest BCUT2D eigenvalue weighted by Crippen LogP contribution is -2.27. The summed E-state index contributed by atoms with van der Waals surface area (Å²) in [6.07, 6.45) is 4.79. The number of nitrogens with one attached hydrogen (secondary N) is 2. The van der Waals surface area contributed by atoms with Crippen LogP contribution in [-0.4, -0.2) is 26.3 Å². The molecule has 0 spiro atoms. The summed E-state index contributed by atoms with van der Waals surface area (Å²) in [6, 6.07) is 3.62. The highest BCUT2D eigenvalue weighted by molar-refractivity contribution is 5.92. The molecule has 82 valence electrons. The lowest BCUT2D eigenvalue weighted by Gasteiger charge is -2.12. The Hall–Kier alpha value is -2.24. The number of rotatable bonds is 3. The summed E-state index contributed by atoms with van der Waals surface area (Å²) in [5.74, 6) is -0.259. The Kier molecular flexibility index (Phi) is 2.90. The molecular weight excluding hydrogens is 206 g/mol. The number of carbonyl (C=O) groups excluding carboxylic acids is 1. The molecule has 0 aromatic carbocycles. The first-order valence-electron chi connectivity index (χ1n) is 4.84. The Labute approximate surface area is 92.1 Å². The van der Waals surface area contributed by atoms with Crippen LogP contribution >= 0.6 is 0 Å². The fraction of sp³-hybridized carbons (Fsp3) is 0.200. The molecular formula is C10H11N5O. The fourth-order valence-corrected chi connectivity index (χ4v) is 1.30. The second-order valence-corrected chi connectivity index (χ2v) is 3.34. The molecule has 0 aliphatic heterocycles. The van der Waals surface area contributed by atoms with Gasteiger partial charge in [0.05, 0.1) is 12.2 Å². The van der Waals surface area contributed by atoms with Gasteiger partial charge in [-0.25, -0.2) is 0 Å². The first kappa shape index (κ1) is 10.3. The summed E-state index contributed by atoms with van der Waals surface area (Å²) in [4.78, 5) is 15.6. The molecule has 2 aromatic rings. The summed E-state index contributed by atoms with van der Waals surface area (Å²) in [6.45, 7) is 1.88. The minimum absolute atomic E-state index is 0.113. The number of amides is 1. The summed E-state index contributed by atoms with van der Waals surface area (Å²) >= 11 is 0. The first-order chi connectivity index (χ1) is 7.77. The van der Waals surface area contributed by atoms with Crippen molar-refractivity contribution < 1.29 is 4.79 Å². The molecule has 6 heteroatoms. The maximum Gasteiger partial charge on any atom is 0.273 e. The fourth-order valence-electron chi connectivity index (χ4n) is 1.30. The number of nitrogens with zero attached hydrogens (tertiary/aromatic N) is 3. The third kappa shape index (κ3) is 2.22. The molecule has 1 amide bonds. The number of aromatic nitrogens is 4. The number of aromatic amines is 1. The van der Waals surface area contributed by atoms with Crippen LogP contribution in [0, 0.1) is 0 Å². The average molecular weight is 217 g/mol. The molecule has 2 heterocycles. The number of pyridine rings is 1. The van der Waals surface area contributed by atoms with E-state index >= 15 is 0 Å². The number of H-pyrrole nitrogens is 1. The van der Waals surface area contributed by atoms with E-state index in [4.69, 9.17) is 0 Å². The van der Waals surface area contributed by atoms with E-state index in [-0.39, 0.29) is 17.6 Å². The Morgan fingerprint density at radius 2 is 2.38 bits per heavy atom. The van der Waals surface area contributed by atoms with Crippen LogP contribution in [0.2, 0.25) is 0 Å². The van der Waals surface area contributed by atoms with Crippen LogP contribution in [0.1, 0.15) is 29.0 Å². The minimum atomic E-state index is -0.259. The topological polar surface area (TPSA) is 83.6 Å². The molecule has 0 aliphatic carbocycles. The third-order valence-electron chi connectivity index (χ3n) is 2.18. The maximum absolute atomic E-state index is 11.6. The van der Waals surface area contributed by atoms with E-state index in [1.165, 1.54) is 6.20 Å². The van der Waals surface area contributed by atoms with E-state index in [2.05, 4.69) is 25.7 Å². The zero-order valence-electron chi connectivity index (χ0n) is 8.71. The van der Waals surface area contributed by atoms with Crippen LogP contribution < -0.4 is 5.32 Å². The monoisotopic (exact) mass is 217 g/mol. The van der Waals surface area contributed by atoms with Crippen LogP contribution in [0.5, 0.6) is 0 Å². The smallest absolute Gasteiger partial charge is 0.273 e. The standard InChI is InChI=1S/C10H11N5O/c1-7(8-3-2-4-11-5-8)13-10(16)9-6-12-15-14-9/h2-7H,1H3,(H,13,16)(H,12,14,15). The van der Waals surface area contributed by atoms with Gasteiger partial charge >= 0.3 is 0 Å². The quantitative estimate of drug-likeness (QED) is 0.792. The molecule has 1 atom stereocenters. The molecule has 0 saturated heterocycles. The van der Waals surface area contributed by atoms with E-state index in [0.717, 1.165) is 5.56 Å². The minimum Gasteiger partial charge on any atom is -0.344 e. The zero-order valence-corrected chi connectivity index (χ0v) is 8.71. The molecule has 0 saturated carbocycles. The largest absolute Gasteiger partial charge is 0.344 e. The molecule has 2 rings (SSSR count). The molecule has 2 aromatic heterocycles. The van der Waals surface area contributed by atoms with Crippen LogP contribution in [-0.2, 0) is 0 Å². The van der Waals surface area contributed by atoms with Crippen molar-refractivity contribution in [1.29, 1.82) is 0 Å². The lowest BCUT2D eigenvalue weighted by atomic mass is 10.1. The van der Waals surface area contributed by atoms with Crippen molar-refractivity contribution in [3.8, 4) is 0 Å². The molecule has 0 aliphatic rings. The van der Waals surface area contributed by atoms with Gasteiger partial charge in [-0.05, 0) is 18.6 Å². The van der Waals surface area contributed by atoms with Crippen molar-refractivity contribution >= 4 is 5.91 Å². The third-order valence-corrected chi connectivity index (χ3v) is 2.18. The Bertz CT molecular complexity index is 453. The molecule has 6 nitrogen and oxygen atoms in total. The highest BCUT2D eigenvalue weighted by atomic mass is 16.2. The van der Waals surface area contributed by atoms with Gasteiger partial charge < -0.3 is 5.32 Å². The van der Waals surface area contributed by atoms with Crippen molar-refractivity contribution in [2.24, 2.45) is 0 Å². The van der Waals surface area contributed by atoms with Gasteiger partial charge in [-0.1, -0.05) is 6.07 Å². The predicted molar refractivity (Wildman–Crippen MR) is 56.5 cm³/mol. The summed E-state index contributed by atoms with van der Waals surface area (Å²) < 4.78 is 0. The number of carbonyl (C=O) groups is 1. The van der Waals surface area contributed by atoms with E-state index in [1.54, 1.807) is 12.4 Å². The van der Waals surface area contributed by atoms with Gasteiger partial charge in [-0.2, -0.15) is 15.4 Å². The van der Waals surface area contributed by atoms with Gasteiger partial charge in [-0.15, -0.1) is 0 Å². The number of hydrogen-bond acceptors (Lipinski definition) is 4. The highest BCUT2D eigenvalue weighted by Gasteiger charge is 2.13. The molecule has 0 radical (unpaired) electrons.